The molecule has 1 heterocycles. The molecule has 0 saturated heterocycles. The van der Waals surface area contributed by atoms with Crippen LogP contribution in [0.2, 0.25) is 0 Å². The van der Waals surface area contributed by atoms with Gasteiger partial charge in [0.05, 0.1) is 5.60 Å². The molecule has 0 saturated carbocycles. The van der Waals surface area contributed by atoms with Gasteiger partial charge in [0.1, 0.15) is 0 Å². The highest BCUT2D eigenvalue weighted by Crippen LogP contribution is 2.20. The molecule has 7 nitrogen and oxygen atoms in total. The number of aliphatic carboxylic acids is 1. The Bertz CT molecular complexity index is 644. The number of H-pyrrole nitrogens is 1. The van der Waals surface area contributed by atoms with Crippen molar-refractivity contribution in [1.29, 1.82) is 0 Å². The minimum atomic E-state index is -2.09. The van der Waals surface area contributed by atoms with Crippen LogP contribution in [0, 0.1) is 0 Å². The quantitative estimate of drug-likeness (QED) is 0.421. The largest absolute Gasteiger partial charge is 0.488 e. The first-order chi connectivity index (χ1) is 9.96. The molecule has 1 aromatic heterocycles. The fourth-order valence-corrected chi connectivity index (χ4v) is 1.49. The van der Waals surface area contributed by atoms with E-state index in [1.54, 1.807) is 12.1 Å². The zero-order valence-electron chi connectivity index (χ0n) is 12.6. The Labute approximate surface area is 128 Å². The Balaban J connectivity index is 0.000000225. The second kappa shape index (κ2) is 6.49. The third kappa shape index (κ3) is 4.08. The summed E-state index contributed by atoms with van der Waals surface area (Å²) in [5.74, 6) is -1.43. The number of benzene rings is 1. The van der Waals surface area contributed by atoms with Crippen molar-refractivity contribution in [2.75, 3.05) is 0 Å². The highest BCUT2D eigenvalue weighted by Gasteiger charge is 2.44. The molecule has 0 spiro atoms. The van der Waals surface area contributed by atoms with E-state index in [0.717, 1.165) is 17.8 Å². The Morgan fingerprint density at radius 1 is 1.14 bits per heavy atom. The molecule has 120 valence electrons. The molecule has 1 unspecified atom stereocenters. The Morgan fingerprint density at radius 2 is 1.73 bits per heavy atom. The van der Waals surface area contributed by atoms with Crippen molar-refractivity contribution in [1.82, 2.24) is 4.98 Å². The predicted molar refractivity (Wildman–Crippen MR) is 82.7 cm³/mol. The molecule has 0 fully saturated rings. The van der Waals surface area contributed by atoms with E-state index in [9.17, 15) is 4.79 Å². The summed E-state index contributed by atoms with van der Waals surface area (Å²) in [4.78, 5) is 13.3. The van der Waals surface area contributed by atoms with Crippen molar-refractivity contribution in [3.05, 3.63) is 30.5 Å². The molecule has 0 aliphatic rings. The number of aliphatic hydroxyl groups is 2. The van der Waals surface area contributed by atoms with Crippen LogP contribution in [0.3, 0.4) is 0 Å². The molecule has 2 aromatic rings. The number of carboxylic acid groups (broad SMARTS) is 1. The van der Waals surface area contributed by atoms with Crippen molar-refractivity contribution in [3.63, 3.8) is 0 Å². The zero-order chi connectivity index (χ0) is 17.1. The normalized spacial score (nSPS) is 14.0. The third-order valence-corrected chi connectivity index (χ3v) is 3.48. The summed E-state index contributed by atoms with van der Waals surface area (Å²) < 4.78 is 0. The maximum absolute atomic E-state index is 10.3. The van der Waals surface area contributed by atoms with Gasteiger partial charge >= 0.3 is 13.1 Å². The van der Waals surface area contributed by atoms with Gasteiger partial charge in [-0.25, -0.2) is 4.79 Å². The standard InChI is InChI=1S/C8H8BNO2.C6H12O4/c11-9(12)7-2-1-6-3-4-10-8(6)5-7;1-5(2,9)6(3,10)4(7)8/h1-5,10-12H;9-10H,1-3H3,(H,7,8). The molecule has 0 aliphatic carbocycles. The second-order valence-corrected chi connectivity index (χ2v) is 5.63. The van der Waals surface area contributed by atoms with Gasteiger partial charge in [0, 0.05) is 11.7 Å². The summed E-state index contributed by atoms with van der Waals surface area (Å²) in [5, 5.41) is 45.3. The lowest BCUT2D eigenvalue weighted by atomic mass is 9.80. The van der Waals surface area contributed by atoms with E-state index in [1.807, 2.05) is 18.3 Å². The maximum Gasteiger partial charge on any atom is 0.488 e. The van der Waals surface area contributed by atoms with Crippen molar-refractivity contribution in [2.45, 2.75) is 32.0 Å². The van der Waals surface area contributed by atoms with Crippen molar-refractivity contribution >= 4 is 29.5 Å². The monoisotopic (exact) mass is 309 g/mol. The molecule has 0 radical (unpaired) electrons. The first-order valence-corrected chi connectivity index (χ1v) is 6.58. The first-order valence-electron chi connectivity index (χ1n) is 6.58. The summed E-state index contributed by atoms with van der Waals surface area (Å²) >= 11 is 0. The fraction of sp³-hybridized carbons (Fsp3) is 0.357. The summed E-state index contributed by atoms with van der Waals surface area (Å²) in [6.07, 6.45) is 1.82. The molecule has 0 bridgehead atoms. The number of hydrogen-bond donors (Lipinski definition) is 6. The van der Waals surface area contributed by atoms with Crippen molar-refractivity contribution in [3.8, 4) is 0 Å². The molecule has 1 aromatic carbocycles. The van der Waals surface area contributed by atoms with Gasteiger partial charge in [0.25, 0.3) is 0 Å². The van der Waals surface area contributed by atoms with E-state index in [0.29, 0.717) is 5.46 Å². The van der Waals surface area contributed by atoms with E-state index in [1.165, 1.54) is 13.8 Å². The van der Waals surface area contributed by atoms with E-state index in [2.05, 4.69) is 4.98 Å². The molecule has 0 aliphatic heterocycles. The van der Waals surface area contributed by atoms with Crippen LogP contribution in [0.1, 0.15) is 20.8 Å². The summed E-state index contributed by atoms with van der Waals surface area (Å²) in [7, 11) is -1.39. The van der Waals surface area contributed by atoms with Crippen LogP contribution in [-0.2, 0) is 4.79 Å². The molecule has 8 heteroatoms. The Morgan fingerprint density at radius 3 is 2.14 bits per heavy atom. The van der Waals surface area contributed by atoms with Gasteiger partial charge in [0.15, 0.2) is 5.60 Å². The van der Waals surface area contributed by atoms with Gasteiger partial charge in [-0.05, 0) is 43.8 Å². The lowest BCUT2D eigenvalue weighted by molar-refractivity contribution is -0.181. The number of nitrogens with one attached hydrogen (secondary N) is 1. The molecule has 6 N–H and O–H groups in total. The van der Waals surface area contributed by atoms with Crippen LogP contribution in [0.15, 0.2) is 30.5 Å². The zero-order valence-corrected chi connectivity index (χ0v) is 12.6. The van der Waals surface area contributed by atoms with Crippen LogP contribution in [0.5, 0.6) is 0 Å². The highest BCUT2D eigenvalue weighted by atomic mass is 16.4. The second-order valence-electron chi connectivity index (χ2n) is 5.63. The summed E-state index contributed by atoms with van der Waals surface area (Å²) in [5.41, 5.74) is -2.29. The number of aromatic amines is 1. The van der Waals surface area contributed by atoms with Crippen LogP contribution in [0.4, 0.5) is 0 Å². The topological polar surface area (TPSA) is 134 Å². The number of fused-ring (bicyclic) bond motifs is 1. The van der Waals surface area contributed by atoms with Gasteiger partial charge < -0.3 is 30.4 Å². The highest BCUT2D eigenvalue weighted by molar-refractivity contribution is 6.58. The molecule has 22 heavy (non-hydrogen) atoms. The number of carboxylic acids is 1. The van der Waals surface area contributed by atoms with Crippen molar-refractivity contribution in [2.24, 2.45) is 0 Å². The average molecular weight is 309 g/mol. The first kappa shape index (κ1) is 18.2. The molecule has 0 amide bonds. The number of rotatable bonds is 3. The molecular weight excluding hydrogens is 289 g/mol. The predicted octanol–water partition coefficient (Wildman–Crippen LogP) is -0.559. The number of hydrogen-bond acceptors (Lipinski definition) is 5. The maximum atomic E-state index is 10.3. The average Bonchev–Trinajstić information content (AvgIpc) is 2.84. The SMILES string of the molecule is CC(C)(O)C(C)(O)C(=O)O.OB(O)c1ccc2cc[nH]c2c1. The van der Waals surface area contributed by atoms with Gasteiger partial charge in [-0.1, -0.05) is 12.1 Å². The lowest BCUT2D eigenvalue weighted by Crippen LogP contribution is -2.53. The van der Waals surface area contributed by atoms with Gasteiger partial charge in [-0.3, -0.25) is 0 Å². The van der Waals surface area contributed by atoms with Crippen LogP contribution in [-0.4, -0.2) is 54.6 Å². The molecule has 1 atom stereocenters. The van der Waals surface area contributed by atoms with Crippen molar-refractivity contribution < 1.29 is 30.2 Å². The van der Waals surface area contributed by atoms with Crippen LogP contribution >= 0.6 is 0 Å². The fourth-order valence-electron chi connectivity index (χ4n) is 1.49. The van der Waals surface area contributed by atoms with E-state index in [4.69, 9.17) is 25.4 Å². The minimum Gasteiger partial charge on any atom is -0.479 e. The van der Waals surface area contributed by atoms with E-state index in [-0.39, 0.29) is 0 Å². The van der Waals surface area contributed by atoms with Gasteiger partial charge in [-0.2, -0.15) is 0 Å². The smallest absolute Gasteiger partial charge is 0.479 e. The minimum absolute atomic E-state index is 0.505. The Hall–Kier alpha value is -1.87. The lowest BCUT2D eigenvalue weighted by Gasteiger charge is -2.30. The van der Waals surface area contributed by atoms with E-state index >= 15 is 0 Å². The third-order valence-electron chi connectivity index (χ3n) is 3.48. The van der Waals surface area contributed by atoms with Gasteiger partial charge in [-0.15, -0.1) is 0 Å². The summed E-state index contributed by atoms with van der Waals surface area (Å²) in [6.45, 7) is 3.53. The summed E-state index contributed by atoms with van der Waals surface area (Å²) in [6, 6.07) is 7.20. The number of carbonyl (C=O) groups is 1. The van der Waals surface area contributed by atoms with E-state index < -0.39 is 24.3 Å². The van der Waals surface area contributed by atoms with Crippen LogP contribution in [0.25, 0.3) is 10.9 Å². The molecular formula is C14H20BNO6. The van der Waals surface area contributed by atoms with Gasteiger partial charge in [0.2, 0.25) is 0 Å². The number of aromatic nitrogens is 1. The van der Waals surface area contributed by atoms with Crippen LogP contribution < -0.4 is 5.46 Å². The molecule has 2 rings (SSSR count). The Kier molecular flexibility index (Phi) is 5.37.